The first-order valence-electron chi connectivity index (χ1n) is 4.11. The molecule has 0 aliphatic heterocycles. The lowest BCUT2D eigenvalue weighted by molar-refractivity contribution is 0.466. The second-order valence-electron chi connectivity index (χ2n) is 2.89. The van der Waals surface area contributed by atoms with Gasteiger partial charge in [0.15, 0.2) is 0 Å². The molecular formula is C10H9BrOS. The Morgan fingerprint density at radius 1 is 1.54 bits per heavy atom. The normalized spacial score (nSPS) is 10.9. The van der Waals surface area contributed by atoms with Crippen molar-refractivity contribution in [2.75, 3.05) is 0 Å². The van der Waals surface area contributed by atoms with Crippen molar-refractivity contribution in [1.82, 2.24) is 0 Å². The van der Waals surface area contributed by atoms with Crippen molar-refractivity contribution in [3.8, 4) is 5.75 Å². The van der Waals surface area contributed by atoms with Gasteiger partial charge in [-0.3, -0.25) is 0 Å². The van der Waals surface area contributed by atoms with E-state index in [1.54, 1.807) is 11.3 Å². The van der Waals surface area contributed by atoms with Gasteiger partial charge in [-0.15, -0.1) is 11.3 Å². The van der Waals surface area contributed by atoms with Gasteiger partial charge in [0.05, 0.1) is 9.17 Å². The van der Waals surface area contributed by atoms with Crippen LogP contribution in [-0.4, -0.2) is 5.11 Å². The highest BCUT2D eigenvalue weighted by atomic mass is 79.9. The Bertz CT molecular complexity index is 447. The number of benzene rings is 1. The van der Waals surface area contributed by atoms with E-state index in [4.69, 9.17) is 0 Å². The van der Waals surface area contributed by atoms with Crippen LogP contribution in [0, 0.1) is 0 Å². The van der Waals surface area contributed by atoms with Crippen LogP contribution < -0.4 is 0 Å². The molecule has 1 aromatic heterocycles. The number of fused-ring (bicyclic) bond motifs is 1. The van der Waals surface area contributed by atoms with Gasteiger partial charge in [0.25, 0.3) is 0 Å². The van der Waals surface area contributed by atoms with Crippen molar-refractivity contribution >= 4 is 37.4 Å². The maximum atomic E-state index is 9.77. The Morgan fingerprint density at radius 3 is 3.00 bits per heavy atom. The van der Waals surface area contributed by atoms with Crippen LogP contribution in [0.3, 0.4) is 0 Å². The average Bonchev–Trinajstić information content (AvgIpc) is 2.59. The molecule has 0 saturated heterocycles. The largest absolute Gasteiger partial charge is 0.506 e. The van der Waals surface area contributed by atoms with Gasteiger partial charge < -0.3 is 5.11 Å². The van der Waals surface area contributed by atoms with Gasteiger partial charge >= 0.3 is 0 Å². The van der Waals surface area contributed by atoms with E-state index in [1.807, 2.05) is 18.4 Å². The zero-order chi connectivity index (χ0) is 9.42. The highest BCUT2D eigenvalue weighted by Gasteiger charge is 2.09. The smallest absolute Gasteiger partial charge is 0.134 e. The molecule has 0 spiro atoms. The van der Waals surface area contributed by atoms with Crippen LogP contribution in [0.1, 0.15) is 12.5 Å². The number of hydrogen-bond acceptors (Lipinski definition) is 2. The molecule has 3 heteroatoms. The van der Waals surface area contributed by atoms with Gasteiger partial charge in [-0.1, -0.05) is 6.92 Å². The predicted molar refractivity (Wildman–Crippen MR) is 60.6 cm³/mol. The van der Waals surface area contributed by atoms with Crippen molar-refractivity contribution in [3.05, 3.63) is 27.5 Å². The minimum absolute atomic E-state index is 0.387. The van der Waals surface area contributed by atoms with Gasteiger partial charge in [-0.2, -0.15) is 0 Å². The van der Waals surface area contributed by atoms with Crippen LogP contribution in [0.4, 0.5) is 0 Å². The van der Waals surface area contributed by atoms with E-state index >= 15 is 0 Å². The minimum atomic E-state index is 0.387. The number of aromatic hydroxyl groups is 1. The fourth-order valence-electron chi connectivity index (χ4n) is 1.39. The molecule has 0 unspecified atom stereocenters. The third kappa shape index (κ3) is 1.36. The van der Waals surface area contributed by atoms with E-state index < -0.39 is 0 Å². The lowest BCUT2D eigenvalue weighted by Gasteiger charge is -2.04. The molecule has 0 radical (unpaired) electrons. The van der Waals surface area contributed by atoms with Crippen molar-refractivity contribution in [2.45, 2.75) is 13.3 Å². The van der Waals surface area contributed by atoms with Gasteiger partial charge in [-0.25, -0.2) is 0 Å². The molecule has 0 saturated carbocycles. The molecule has 0 aliphatic rings. The molecule has 68 valence electrons. The van der Waals surface area contributed by atoms with Crippen LogP contribution >= 0.6 is 27.3 Å². The van der Waals surface area contributed by atoms with Crippen LogP contribution in [-0.2, 0) is 6.42 Å². The van der Waals surface area contributed by atoms with E-state index in [0.717, 1.165) is 21.2 Å². The summed E-state index contributed by atoms with van der Waals surface area (Å²) in [5.74, 6) is 0.387. The summed E-state index contributed by atoms with van der Waals surface area (Å²) < 4.78 is 1.95. The SMILES string of the molecule is CCc1cc2ccsc2c(Br)c1O. The summed E-state index contributed by atoms with van der Waals surface area (Å²) in [4.78, 5) is 0. The maximum Gasteiger partial charge on any atom is 0.134 e. The minimum Gasteiger partial charge on any atom is -0.506 e. The topological polar surface area (TPSA) is 20.2 Å². The van der Waals surface area contributed by atoms with E-state index in [2.05, 4.69) is 22.0 Å². The average molecular weight is 257 g/mol. The Balaban J connectivity index is 2.83. The summed E-state index contributed by atoms with van der Waals surface area (Å²) in [5, 5.41) is 13.0. The molecule has 1 heterocycles. The lowest BCUT2D eigenvalue weighted by Crippen LogP contribution is -1.82. The summed E-state index contributed by atoms with van der Waals surface area (Å²) in [5.41, 5.74) is 0.998. The molecule has 1 N–H and O–H groups in total. The second-order valence-corrected chi connectivity index (χ2v) is 4.60. The third-order valence-electron chi connectivity index (χ3n) is 2.12. The highest BCUT2D eigenvalue weighted by Crippen LogP contribution is 2.38. The monoisotopic (exact) mass is 256 g/mol. The standard InChI is InChI=1S/C10H9BrOS/c1-2-6-5-7-3-4-13-10(7)8(11)9(6)12/h3-5,12H,2H2,1H3. The Kier molecular flexibility index (Phi) is 2.30. The zero-order valence-electron chi connectivity index (χ0n) is 7.17. The summed E-state index contributed by atoms with van der Waals surface area (Å²) >= 11 is 5.05. The molecule has 0 bridgehead atoms. The van der Waals surface area contributed by atoms with Crippen molar-refractivity contribution in [3.63, 3.8) is 0 Å². The predicted octanol–water partition coefficient (Wildman–Crippen LogP) is 3.93. The third-order valence-corrected chi connectivity index (χ3v) is 4.10. The van der Waals surface area contributed by atoms with Crippen LogP contribution in [0.5, 0.6) is 5.75 Å². The van der Waals surface area contributed by atoms with E-state index in [0.29, 0.717) is 5.75 Å². The fourth-order valence-corrected chi connectivity index (χ4v) is 2.96. The summed E-state index contributed by atoms with van der Waals surface area (Å²) in [7, 11) is 0. The molecule has 1 aromatic carbocycles. The van der Waals surface area contributed by atoms with Crippen LogP contribution in [0.2, 0.25) is 0 Å². The van der Waals surface area contributed by atoms with Crippen molar-refractivity contribution < 1.29 is 5.11 Å². The number of halogens is 1. The number of thiophene rings is 1. The van der Waals surface area contributed by atoms with E-state index in [9.17, 15) is 5.11 Å². The van der Waals surface area contributed by atoms with Crippen molar-refractivity contribution in [1.29, 1.82) is 0 Å². The highest BCUT2D eigenvalue weighted by molar-refractivity contribution is 9.10. The second kappa shape index (κ2) is 3.31. The summed E-state index contributed by atoms with van der Waals surface area (Å²) in [6.45, 7) is 2.04. The molecule has 0 aliphatic carbocycles. The first kappa shape index (κ1) is 9.03. The zero-order valence-corrected chi connectivity index (χ0v) is 9.58. The fraction of sp³-hybridized carbons (Fsp3) is 0.200. The molecule has 0 fully saturated rings. The van der Waals surface area contributed by atoms with E-state index in [1.165, 1.54) is 5.39 Å². The molecule has 2 aromatic rings. The van der Waals surface area contributed by atoms with Crippen molar-refractivity contribution in [2.24, 2.45) is 0 Å². The van der Waals surface area contributed by atoms with Gasteiger partial charge in [0.1, 0.15) is 5.75 Å². The number of phenols is 1. The molecule has 2 rings (SSSR count). The summed E-state index contributed by atoms with van der Waals surface area (Å²) in [6.07, 6.45) is 0.857. The molecule has 0 atom stereocenters. The van der Waals surface area contributed by atoms with Gasteiger partial charge in [0.2, 0.25) is 0 Å². The Morgan fingerprint density at radius 2 is 2.31 bits per heavy atom. The first-order valence-corrected chi connectivity index (χ1v) is 5.79. The molecule has 13 heavy (non-hydrogen) atoms. The Hall–Kier alpha value is -0.540. The molecule has 1 nitrogen and oxygen atoms in total. The van der Waals surface area contributed by atoms with Gasteiger partial charge in [-0.05, 0) is 50.8 Å². The number of aryl methyl sites for hydroxylation is 1. The Labute approximate surface area is 89.1 Å². The first-order chi connectivity index (χ1) is 6.24. The summed E-state index contributed by atoms with van der Waals surface area (Å²) in [6, 6.07) is 4.12. The van der Waals surface area contributed by atoms with E-state index in [-0.39, 0.29) is 0 Å². The molecular weight excluding hydrogens is 248 g/mol. The number of rotatable bonds is 1. The van der Waals surface area contributed by atoms with Crippen LogP contribution in [0.25, 0.3) is 10.1 Å². The molecule has 0 amide bonds. The number of phenolic OH excluding ortho intramolecular Hbond substituents is 1. The quantitative estimate of drug-likeness (QED) is 0.820. The number of hydrogen-bond donors (Lipinski definition) is 1. The van der Waals surface area contributed by atoms with Gasteiger partial charge in [0, 0.05) is 0 Å². The van der Waals surface area contributed by atoms with Crippen LogP contribution in [0.15, 0.2) is 22.0 Å². The maximum absolute atomic E-state index is 9.77. The lowest BCUT2D eigenvalue weighted by atomic mass is 10.1.